The van der Waals surface area contributed by atoms with Gasteiger partial charge in [-0.05, 0) is 37.9 Å². The minimum atomic E-state index is 0.176. The van der Waals surface area contributed by atoms with Crippen LogP contribution in [0.4, 0.5) is 0 Å². The molecular weight excluding hydrogens is 214 g/mol. The Balaban J connectivity index is 1.79. The molecule has 2 aliphatic rings. The van der Waals surface area contributed by atoms with Gasteiger partial charge in [-0.15, -0.1) is 0 Å². The molecule has 3 heteroatoms. The van der Waals surface area contributed by atoms with E-state index in [1.807, 2.05) is 24.3 Å². The molecule has 1 fully saturated rings. The van der Waals surface area contributed by atoms with E-state index in [1.165, 1.54) is 19.3 Å². The maximum atomic E-state index is 6.11. The van der Waals surface area contributed by atoms with Crippen LogP contribution in [0.3, 0.4) is 0 Å². The molecule has 0 aromatic heterocycles. The Morgan fingerprint density at radius 1 is 1.24 bits per heavy atom. The van der Waals surface area contributed by atoms with E-state index in [2.05, 4.69) is 0 Å². The molecule has 0 bridgehead atoms. The zero-order chi connectivity index (χ0) is 11.7. The highest BCUT2D eigenvalue weighted by atomic mass is 16.6. The summed E-state index contributed by atoms with van der Waals surface area (Å²) in [5.74, 6) is 1.75. The van der Waals surface area contributed by atoms with Crippen molar-refractivity contribution >= 4 is 0 Å². The minimum Gasteiger partial charge on any atom is -0.486 e. The topological polar surface area (TPSA) is 44.5 Å². The molecule has 1 aromatic carbocycles. The monoisotopic (exact) mass is 233 g/mol. The van der Waals surface area contributed by atoms with Crippen LogP contribution < -0.4 is 15.2 Å². The van der Waals surface area contributed by atoms with Crippen LogP contribution in [0, 0.1) is 5.41 Å². The molecule has 2 N–H and O–H groups in total. The van der Waals surface area contributed by atoms with Gasteiger partial charge in [0.1, 0.15) is 12.7 Å². The lowest BCUT2D eigenvalue weighted by Crippen LogP contribution is -2.50. The lowest BCUT2D eigenvalue weighted by atomic mass is 9.63. The Morgan fingerprint density at radius 2 is 2.00 bits per heavy atom. The molecule has 1 aliphatic heterocycles. The van der Waals surface area contributed by atoms with E-state index < -0.39 is 0 Å². The first-order valence-corrected chi connectivity index (χ1v) is 6.43. The van der Waals surface area contributed by atoms with Crippen LogP contribution in [0.2, 0.25) is 0 Å². The summed E-state index contributed by atoms with van der Waals surface area (Å²) >= 11 is 0. The first-order chi connectivity index (χ1) is 8.34. The Bertz CT molecular complexity index is 401. The number of fused-ring (bicyclic) bond motifs is 1. The van der Waals surface area contributed by atoms with Crippen molar-refractivity contribution in [1.82, 2.24) is 0 Å². The Kier molecular flexibility index (Phi) is 2.71. The maximum Gasteiger partial charge on any atom is 0.161 e. The van der Waals surface area contributed by atoms with Gasteiger partial charge in [0, 0.05) is 5.41 Å². The molecule has 92 valence electrons. The van der Waals surface area contributed by atoms with Crippen molar-refractivity contribution in [1.29, 1.82) is 0 Å². The summed E-state index contributed by atoms with van der Waals surface area (Å²) in [5.41, 5.74) is 6.00. The first-order valence-electron chi connectivity index (χ1n) is 6.43. The quantitative estimate of drug-likeness (QED) is 0.871. The molecule has 1 aliphatic carbocycles. The molecule has 0 spiro atoms. The largest absolute Gasteiger partial charge is 0.486 e. The summed E-state index contributed by atoms with van der Waals surface area (Å²) in [7, 11) is 0. The smallest absolute Gasteiger partial charge is 0.161 e. The summed E-state index contributed by atoms with van der Waals surface area (Å²) < 4.78 is 11.9. The van der Waals surface area contributed by atoms with Crippen molar-refractivity contribution < 1.29 is 9.47 Å². The third-order valence-electron chi connectivity index (χ3n) is 4.18. The number of para-hydroxylation sites is 2. The summed E-state index contributed by atoms with van der Waals surface area (Å²) in [6.45, 7) is 1.40. The van der Waals surface area contributed by atoms with Crippen LogP contribution in [-0.4, -0.2) is 19.3 Å². The van der Waals surface area contributed by atoms with Gasteiger partial charge in [-0.25, -0.2) is 0 Å². The molecule has 3 rings (SSSR count). The molecule has 0 amide bonds. The van der Waals surface area contributed by atoms with Crippen LogP contribution in [-0.2, 0) is 0 Å². The molecule has 0 radical (unpaired) electrons. The van der Waals surface area contributed by atoms with Gasteiger partial charge in [0.05, 0.1) is 0 Å². The molecular formula is C14H19NO2. The SMILES string of the molecule is NCCC1(C2COc3ccccc3O2)CCC1. The van der Waals surface area contributed by atoms with Gasteiger partial charge in [0.15, 0.2) is 11.5 Å². The standard InChI is InChI=1S/C14H19NO2/c15-9-8-14(6-3-7-14)13-10-16-11-4-1-2-5-12(11)17-13/h1-2,4-5,13H,3,6-10,15H2. The van der Waals surface area contributed by atoms with Crippen molar-refractivity contribution in [3.8, 4) is 11.5 Å². The lowest BCUT2D eigenvalue weighted by Gasteiger charge is -2.48. The number of hydrogen-bond donors (Lipinski definition) is 1. The Labute approximate surface area is 102 Å². The number of hydrogen-bond acceptors (Lipinski definition) is 3. The van der Waals surface area contributed by atoms with Gasteiger partial charge in [-0.3, -0.25) is 0 Å². The fraction of sp³-hybridized carbons (Fsp3) is 0.571. The second kappa shape index (κ2) is 4.22. The van der Waals surface area contributed by atoms with Crippen LogP contribution in [0.15, 0.2) is 24.3 Å². The molecule has 1 unspecified atom stereocenters. The van der Waals surface area contributed by atoms with E-state index in [9.17, 15) is 0 Å². The lowest BCUT2D eigenvalue weighted by molar-refractivity contribution is -0.0604. The molecule has 17 heavy (non-hydrogen) atoms. The van der Waals surface area contributed by atoms with E-state index in [0.29, 0.717) is 6.61 Å². The average molecular weight is 233 g/mol. The first kappa shape index (κ1) is 10.9. The van der Waals surface area contributed by atoms with Gasteiger partial charge < -0.3 is 15.2 Å². The summed E-state index contributed by atoms with van der Waals surface area (Å²) in [5, 5.41) is 0. The van der Waals surface area contributed by atoms with E-state index in [4.69, 9.17) is 15.2 Å². The zero-order valence-corrected chi connectivity index (χ0v) is 10.0. The zero-order valence-electron chi connectivity index (χ0n) is 10.0. The van der Waals surface area contributed by atoms with Crippen molar-refractivity contribution in [2.24, 2.45) is 11.1 Å². The van der Waals surface area contributed by atoms with Crippen LogP contribution in [0.5, 0.6) is 11.5 Å². The summed E-state index contributed by atoms with van der Waals surface area (Å²) in [6, 6.07) is 7.90. The second-order valence-corrected chi connectivity index (χ2v) is 5.12. The maximum absolute atomic E-state index is 6.11. The van der Waals surface area contributed by atoms with E-state index in [0.717, 1.165) is 24.5 Å². The number of ether oxygens (including phenoxy) is 2. The van der Waals surface area contributed by atoms with Crippen LogP contribution >= 0.6 is 0 Å². The van der Waals surface area contributed by atoms with E-state index >= 15 is 0 Å². The highest BCUT2D eigenvalue weighted by Gasteiger charge is 2.46. The van der Waals surface area contributed by atoms with Crippen molar-refractivity contribution in [3.05, 3.63) is 24.3 Å². The number of benzene rings is 1. The van der Waals surface area contributed by atoms with Crippen molar-refractivity contribution in [2.45, 2.75) is 31.8 Å². The van der Waals surface area contributed by atoms with Crippen molar-refractivity contribution in [2.75, 3.05) is 13.2 Å². The van der Waals surface area contributed by atoms with Crippen LogP contribution in [0.25, 0.3) is 0 Å². The predicted octanol–water partition coefficient (Wildman–Crippen LogP) is 2.35. The van der Waals surface area contributed by atoms with Gasteiger partial charge in [-0.1, -0.05) is 18.6 Å². The van der Waals surface area contributed by atoms with Gasteiger partial charge in [-0.2, -0.15) is 0 Å². The third kappa shape index (κ3) is 1.78. The fourth-order valence-electron chi connectivity index (χ4n) is 2.97. The summed E-state index contributed by atoms with van der Waals surface area (Å²) in [4.78, 5) is 0. The molecule has 1 aromatic rings. The molecule has 1 atom stereocenters. The molecule has 1 saturated carbocycles. The Hall–Kier alpha value is -1.22. The number of rotatable bonds is 3. The molecule has 3 nitrogen and oxygen atoms in total. The molecule has 0 saturated heterocycles. The normalized spacial score (nSPS) is 25.1. The highest BCUT2D eigenvalue weighted by molar-refractivity contribution is 5.41. The number of nitrogens with two attached hydrogens (primary N) is 1. The molecule has 1 heterocycles. The van der Waals surface area contributed by atoms with Crippen molar-refractivity contribution in [3.63, 3.8) is 0 Å². The second-order valence-electron chi connectivity index (χ2n) is 5.12. The van der Waals surface area contributed by atoms with Gasteiger partial charge in [0.2, 0.25) is 0 Å². The minimum absolute atomic E-state index is 0.176. The van der Waals surface area contributed by atoms with Gasteiger partial charge in [0.25, 0.3) is 0 Å². The predicted molar refractivity (Wildman–Crippen MR) is 66.3 cm³/mol. The average Bonchev–Trinajstić information content (AvgIpc) is 2.33. The third-order valence-corrected chi connectivity index (χ3v) is 4.18. The summed E-state index contributed by atoms with van der Waals surface area (Å²) in [6.07, 6.45) is 4.96. The fourth-order valence-corrected chi connectivity index (χ4v) is 2.97. The highest BCUT2D eigenvalue weighted by Crippen LogP contribution is 2.49. The Morgan fingerprint density at radius 3 is 2.65 bits per heavy atom. The van der Waals surface area contributed by atoms with E-state index in [-0.39, 0.29) is 11.5 Å². The van der Waals surface area contributed by atoms with Crippen LogP contribution in [0.1, 0.15) is 25.7 Å². The van der Waals surface area contributed by atoms with E-state index in [1.54, 1.807) is 0 Å². The van der Waals surface area contributed by atoms with Gasteiger partial charge >= 0.3 is 0 Å².